The van der Waals surface area contributed by atoms with Crippen molar-refractivity contribution in [2.75, 3.05) is 0 Å². The number of phenols is 1. The first-order chi connectivity index (χ1) is 8.24. The molecule has 1 atom stereocenters. The van der Waals surface area contributed by atoms with Crippen LogP contribution in [-0.4, -0.2) is 11.1 Å². The van der Waals surface area contributed by atoms with E-state index in [-0.39, 0.29) is 0 Å². The van der Waals surface area contributed by atoms with Crippen molar-refractivity contribution in [3.63, 3.8) is 0 Å². The monoisotopic (exact) mass is 231 g/mol. The Kier molecular flexibility index (Phi) is 3.83. The highest BCUT2D eigenvalue weighted by atomic mass is 16.3. The van der Waals surface area contributed by atoms with Gasteiger partial charge in [0.05, 0.1) is 12.8 Å². The summed E-state index contributed by atoms with van der Waals surface area (Å²) in [6, 6.07) is 11.5. The van der Waals surface area contributed by atoms with Crippen molar-refractivity contribution < 1.29 is 9.52 Å². The maximum absolute atomic E-state index is 9.19. The highest BCUT2D eigenvalue weighted by Crippen LogP contribution is 2.11. The number of benzene rings is 1. The molecule has 0 saturated heterocycles. The van der Waals surface area contributed by atoms with Crippen LogP contribution in [0.3, 0.4) is 0 Å². The highest BCUT2D eigenvalue weighted by Gasteiger charge is 2.04. The third kappa shape index (κ3) is 3.64. The number of hydrogen-bond acceptors (Lipinski definition) is 3. The van der Waals surface area contributed by atoms with Gasteiger partial charge in [-0.3, -0.25) is 0 Å². The van der Waals surface area contributed by atoms with Crippen LogP contribution >= 0.6 is 0 Å². The zero-order valence-electron chi connectivity index (χ0n) is 9.89. The van der Waals surface area contributed by atoms with Gasteiger partial charge >= 0.3 is 0 Å². The lowest BCUT2D eigenvalue weighted by Crippen LogP contribution is -2.27. The van der Waals surface area contributed by atoms with Gasteiger partial charge in [-0.1, -0.05) is 12.1 Å². The molecule has 2 aromatic rings. The molecular formula is C14H17NO2. The van der Waals surface area contributed by atoms with Gasteiger partial charge in [-0.25, -0.2) is 0 Å². The number of hydrogen-bond donors (Lipinski definition) is 2. The van der Waals surface area contributed by atoms with E-state index in [1.807, 2.05) is 24.3 Å². The largest absolute Gasteiger partial charge is 0.508 e. The summed E-state index contributed by atoms with van der Waals surface area (Å²) in [5.41, 5.74) is 1.21. The van der Waals surface area contributed by atoms with Crippen molar-refractivity contribution in [1.82, 2.24) is 5.32 Å². The van der Waals surface area contributed by atoms with E-state index in [2.05, 4.69) is 12.2 Å². The molecule has 2 rings (SSSR count). The van der Waals surface area contributed by atoms with Gasteiger partial charge in [0.1, 0.15) is 11.5 Å². The molecule has 0 radical (unpaired) electrons. The zero-order chi connectivity index (χ0) is 12.1. The second-order valence-corrected chi connectivity index (χ2v) is 4.23. The highest BCUT2D eigenvalue weighted by molar-refractivity contribution is 5.26. The minimum atomic E-state index is 0.310. The van der Waals surface area contributed by atoms with Crippen molar-refractivity contribution in [2.45, 2.75) is 25.9 Å². The summed E-state index contributed by atoms with van der Waals surface area (Å²) in [5.74, 6) is 1.26. The first kappa shape index (κ1) is 11.7. The molecule has 0 bridgehead atoms. The summed E-state index contributed by atoms with van der Waals surface area (Å²) in [4.78, 5) is 0. The van der Waals surface area contributed by atoms with Crippen molar-refractivity contribution in [2.24, 2.45) is 0 Å². The van der Waals surface area contributed by atoms with Crippen LogP contribution in [0.15, 0.2) is 47.1 Å². The van der Waals surface area contributed by atoms with Gasteiger partial charge in [0, 0.05) is 6.04 Å². The Bertz CT molecular complexity index is 434. The van der Waals surface area contributed by atoms with E-state index in [1.54, 1.807) is 18.4 Å². The zero-order valence-corrected chi connectivity index (χ0v) is 9.89. The van der Waals surface area contributed by atoms with Crippen molar-refractivity contribution in [3.05, 3.63) is 54.0 Å². The Hall–Kier alpha value is -1.74. The molecule has 1 aromatic carbocycles. The quantitative estimate of drug-likeness (QED) is 0.831. The molecule has 3 nitrogen and oxygen atoms in total. The molecule has 1 heterocycles. The molecule has 1 aromatic heterocycles. The predicted octanol–water partition coefficient (Wildman–Crippen LogP) is 2.71. The van der Waals surface area contributed by atoms with Gasteiger partial charge in [0.15, 0.2) is 0 Å². The lowest BCUT2D eigenvalue weighted by Gasteiger charge is -2.12. The minimum absolute atomic E-state index is 0.310. The van der Waals surface area contributed by atoms with E-state index in [1.165, 1.54) is 5.56 Å². The van der Waals surface area contributed by atoms with Gasteiger partial charge in [0.25, 0.3) is 0 Å². The first-order valence-electron chi connectivity index (χ1n) is 5.78. The molecular weight excluding hydrogens is 214 g/mol. The molecule has 0 spiro atoms. The molecule has 0 aliphatic heterocycles. The Labute approximate surface area is 101 Å². The molecule has 3 heteroatoms. The van der Waals surface area contributed by atoms with Crippen LogP contribution in [0.4, 0.5) is 0 Å². The van der Waals surface area contributed by atoms with Gasteiger partial charge in [-0.05, 0) is 43.2 Å². The van der Waals surface area contributed by atoms with Crippen molar-refractivity contribution in [3.8, 4) is 5.75 Å². The molecule has 1 unspecified atom stereocenters. The van der Waals surface area contributed by atoms with E-state index < -0.39 is 0 Å². The van der Waals surface area contributed by atoms with Gasteiger partial charge < -0.3 is 14.8 Å². The molecule has 0 aliphatic rings. The summed E-state index contributed by atoms with van der Waals surface area (Å²) in [6.45, 7) is 2.88. The number of furan rings is 1. The lowest BCUT2D eigenvalue weighted by atomic mass is 10.1. The minimum Gasteiger partial charge on any atom is -0.508 e. The average molecular weight is 231 g/mol. The van der Waals surface area contributed by atoms with Crippen LogP contribution in [0.25, 0.3) is 0 Å². The van der Waals surface area contributed by atoms with Crippen LogP contribution in [0.1, 0.15) is 18.2 Å². The van der Waals surface area contributed by atoms with E-state index >= 15 is 0 Å². The van der Waals surface area contributed by atoms with E-state index in [9.17, 15) is 5.11 Å². The molecule has 90 valence electrons. The Morgan fingerprint density at radius 3 is 2.65 bits per heavy atom. The summed E-state index contributed by atoms with van der Waals surface area (Å²) in [5, 5.41) is 12.6. The standard InChI is InChI=1S/C14H17NO2/c1-11(15-10-14-3-2-8-17-14)9-12-4-6-13(16)7-5-12/h2-8,11,15-16H,9-10H2,1H3. The van der Waals surface area contributed by atoms with E-state index in [4.69, 9.17) is 4.42 Å². The number of phenolic OH excluding ortho intramolecular Hbond substituents is 1. The van der Waals surface area contributed by atoms with Crippen LogP contribution in [0.5, 0.6) is 5.75 Å². The number of nitrogens with one attached hydrogen (secondary N) is 1. The normalized spacial score (nSPS) is 12.5. The van der Waals surface area contributed by atoms with E-state index in [0.29, 0.717) is 11.8 Å². The van der Waals surface area contributed by atoms with Gasteiger partial charge in [-0.2, -0.15) is 0 Å². The SMILES string of the molecule is CC(Cc1ccc(O)cc1)NCc1ccco1. The summed E-state index contributed by atoms with van der Waals surface area (Å²) < 4.78 is 5.25. The van der Waals surface area contributed by atoms with Crippen LogP contribution in [0.2, 0.25) is 0 Å². The van der Waals surface area contributed by atoms with Crippen molar-refractivity contribution >= 4 is 0 Å². The van der Waals surface area contributed by atoms with Crippen LogP contribution in [0, 0.1) is 0 Å². The van der Waals surface area contributed by atoms with Crippen LogP contribution in [-0.2, 0) is 13.0 Å². The van der Waals surface area contributed by atoms with Gasteiger partial charge in [-0.15, -0.1) is 0 Å². The molecule has 0 fully saturated rings. The summed E-state index contributed by atoms with van der Waals surface area (Å²) >= 11 is 0. The summed E-state index contributed by atoms with van der Waals surface area (Å²) in [6.07, 6.45) is 2.61. The molecule has 0 saturated carbocycles. The van der Waals surface area contributed by atoms with Crippen molar-refractivity contribution in [1.29, 1.82) is 0 Å². The predicted molar refractivity (Wildman–Crippen MR) is 66.8 cm³/mol. The second-order valence-electron chi connectivity index (χ2n) is 4.23. The first-order valence-corrected chi connectivity index (χ1v) is 5.78. The number of rotatable bonds is 5. The molecule has 0 aliphatic carbocycles. The third-order valence-electron chi connectivity index (χ3n) is 2.68. The molecule has 2 N–H and O–H groups in total. The average Bonchev–Trinajstić information content (AvgIpc) is 2.83. The van der Waals surface area contributed by atoms with E-state index in [0.717, 1.165) is 18.7 Å². The van der Waals surface area contributed by atoms with Crippen LogP contribution < -0.4 is 5.32 Å². The topological polar surface area (TPSA) is 45.4 Å². The number of aromatic hydroxyl groups is 1. The fraction of sp³-hybridized carbons (Fsp3) is 0.286. The lowest BCUT2D eigenvalue weighted by molar-refractivity contribution is 0.453. The summed E-state index contributed by atoms with van der Waals surface area (Å²) in [7, 11) is 0. The molecule has 0 amide bonds. The fourth-order valence-corrected chi connectivity index (χ4v) is 1.75. The Morgan fingerprint density at radius 2 is 2.00 bits per heavy atom. The van der Waals surface area contributed by atoms with Gasteiger partial charge in [0.2, 0.25) is 0 Å². The molecule has 17 heavy (non-hydrogen) atoms. The fourth-order valence-electron chi connectivity index (χ4n) is 1.75. The Balaban J connectivity index is 1.80. The second kappa shape index (κ2) is 5.55. The maximum Gasteiger partial charge on any atom is 0.117 e. The smallest absolute Gasteiger partial charge is 0.117 e. The Morgan fingerprint density at radius 1 is 1.24 bits per heavy atom. The third-order valence-corrected chi connectivity index (χ3v) is 2.68. The maximum atomic E-state index is 9.19.